The summed E-state index contributed by atoms with van der Waals surface area (Å²) in [4.78, 5) is 24.0. The van der Waals surface area contributed by atoms with Crippen LogP contribution in [-0.4, -0.2) is 23.8 Å². The Bertz CT molecular complexity index is 709. The third kappa shape index (κ3) is 3.22. The van der Waals surface area contributed by atoms with Gasteiger partial charge in [0.1, 0.15) is 0 Å². The van der Waals surface area contributed by atoms with Crippen LogP contribution in [0.25, 0.3) is 0 Å². The molecule has 0 radical (unpaired) electrons. The van der Waals surface area contributed by atoms with Gasteiger partial charge in [-0.15, -0.1) is 0 Å². The summed E-state index contributed by atoms with van der Waals surface area (Å²) in [5.41, 5.74) is 3.07. The molecule has 1 heterocycles. The van der Waals surface area contributed by atoms with Crippen LogP contribution < -0.4 is 14.8 Å². The summed E-state index contributed by atoms with van der Waals surface area (Å²) in [5.74, 6) is -0.959. The Labute approximate surface area is 140 Å². The van der Waals surface area contributed by atoms with Gasteiger partial charge in [0.2, 0.25) is 12.7 Å². The number of ether oxygens (including phenoxy) is 2. The molecule has 0 spiro atoms. The molecule has 2 atom stereocenters. The van der Waals surface area contributed by atoms with Crippen LogP contribution in [-0.2, 0) is 16.1 Å². The zero-order valence-electron chi connectivity index (χ0n) is 13.8. The second-order valence-corrected chi connectivity index (χ2v) is 6.43. The summed E-state index contributed by atoms with van der Waals surface area (Å²) in [7, 11) is 0. The Balaban J connectivity index is 1.66. The number of allylic oxidation sites excluding steroid dienone is 2. The van der Waals surface area contributed by atoms with E-state index in [0.29, 0.717) is 30.9 Å². The van der Waals surface area contributed by atoms with Gasteiger partial charge in [0, 0.05) is 6.54 Å². The average molecular weight is 331 g/mol. The normalized spacial score (nSPS) is 22.4. The van der Waals surface area contributed by atoms with E-state index in [1.165, 1.54) is 0 Å². The highest BCUT2D eigenvalue weighted by molar-refractivity contribution is 5.85. The first-order valence-electron chi connectivity index (χ1n) is 8.00. The Hall–Kier alpha value is -2.50. The molecular formula is C18H21NO5. The highest BCUT2D eigenvalue weighted by Gasteiger charge is 2.37. The lowest BCUT2D eigenvalue weighted by molar-refractivity contribution is -0.147. The predicted molar refractivity (Wildman–Crippen MR) is 86.6 cm³/mol. The van der Waals surface area contributed by atoms with Gasteiger partial charge in [0.05, 0.1) is 11.8 Å². The molecular weight excluding hydrogens is 310 g/mol. The Morgan fingerprint density at radius 3 is 2.50 bits per heavy atom. The van der Waals surface area contributed by atoms with Crippen molar-refractivity contribution >= 4 is 11.9 Å². The van der Waals surface area contributed by atoms with Crippen molar-refractivity contribution in [2.24, 2.45) is 11.8 Å². The standard InChI is InChI=1S/C18H21NO5/c1-10-5-13(14(18(21)22)6-11(10)2)17(20)19-8-12-3-4-15-16(7-12)24-9-23-15/h3-4,7,13-14H,5-6,8-9H2,1-2H3,(H,19,20)(H,21,22)/t13-,14+/m0/s1. The van der Waals surface area contributed by atoms with E-state index in [4.69, 9.17) is 9.47 Å². The highest BCUT2D eigenvalue weighted by Crippen LogP contribution is 2.35. The van der Waals surface area contributed by atoms with Crippen LogP contribution in [0.4, 0.5) is 0 Å². The number of carboxylic acid groups (broad SMARTS) is 1. The number of carboxylic acids is 1. The molecule has 0 aromatic heterocycles. The summed E-state index contributed by atoms with van der Waals surface area (Å²) >= 11 is 0. The molecule has 0 saturated heterocycles. The van der Waals surface area contributed by atoms with Crippen molar-refractivity contribution in [2.45, 2.75) is 33.2 Å². The van der Waals surface area contributed by atoms with Crippen LogP contribution in [0.1, 0.15) is 32.3 Å². The van der Waals surface area contributed by atoms with Crippen LogP contribution in [0.3, 0.4) is 0 Å². The lowest BCUT2D eigenvalue weighted by Gasteiger charge is -2.29. The fraction of sp³-hybridized carbons (Fsp3) is 0.444. The molecule has 2 aliphatic rings. The monoisotopic (exact) mass is 331 g/mol. The van der Waals surface area contributed by atoms with Crippen LogP contribution >= 0.6 is 0 Å². The van der Waals surface area contributed by atoms with Gasteiger partial charge in [-0.2, -0.15) is 0 Å². The molecule has 1 aromatic rings. The first kappa shape index (κ1) is 16.4. The number of rotatable bonds is 4. The average Bonchev–Trinajstić information content (AvgIpc) is 3.02. The van der Waals surface area contributed by atoms with Gasteiger partial charge in [0.15, 0.2) is 11.5 Å². The van der Waals surface area contributed by atoms with E-state index in [2.05, 4.69) is 5.32 Å². The number of hydrogen-bond donors (Lipinski definition) is 2. The van der Waals surface area contributed by atoms with Crippen molar-refractivity contribution in [3.63, 3.8) is 0 Å². The highest BCUT2D eigenvalue weighted by atomic mass is 16.7. The number of amides is 1. The minimum absolute atomic E-state index is 0.207. The fourth-order valence-corrected chi connectivity index (χ4v) is 3.20. The van der Waals surface area contributed by atoms with Crippen LogP contribution in [0, 0.1) is 11.8 Å². The van der Waals surface area contributed by atoms with Gasteiger partial charge < -0.3 is 19.9 Å². The van der Waals surface area contributed by atoms with E-state index in [-0.39, 0.29) is 12.7 Å². The molecule has 0 unspecified atom stereocenters. The van der Waals surface area contributed by atoms with Gasteiger partial charge in [-0.1, -0.05) is 17.2 Å². The van der Waals surface area contributed by atoms with E-state index in [9.17, 15) is 14.7 Å². The Kier molecular flexibility index (Phi) is 4.46. The second-order valence-electron chi connectivity index (χ2n) is 6.43. The van der Waals surface area contributed by atoms with E-state index >= 15 is 0 Å². The van der Waals surface area contributed by atoms with Gasteiger partial charge in [0.25, 0.3) is 0 Å². The third-order valence-electron chi connectivity index (χ3n) is 4.82. The molecule has 24 heavy (non-hydrogen) atoms. The minimum atomic E-state index is -0.912. The summed E-state index contributed by atoms with van der Waals surface area (Å²) < 4.78 is 10.6. The fourth-order valence-electron chi connectivity index (χ4n) is 3.20. The Morgan fingerprint density at radius 1 is 1.12 bits per heavy atom. The van der Waals surface area contributed by atoms with E-state index in [1.54, 1.807) is 6.07 Å². The zero-order valence-corrected chi connectivity index (χ0v) is 13.8. The maximum atomic E-state index is 12.5. The van der Waals surface area contributed by atoms with Crippen LogP contribution in [0.2, 0.25) is 0 Å². The molecule has 1 amide bonds. The number of hydrogen-bond acceptors (Lipinski definition) is 4. The molecule has 6 heteroatoms. The molecule has 6 nitrogen and oxygen atoms in total. The van der Waals surface area contributed by atoms with Crippen molar-refractivity contribution in [3.8, 4) is 11.5 Å². The van der Waals surface area contributed by atoms with Gasteiger partial charge in [-0.05, 0) is 44.4 Å². The van der Waals surface area contributed by atoms with Crippen molar-refractivity contribution in [2.75, 3.05) is 6.79 Å². The van der Waals surface area contributed by atoms with E-state index < -0.39 is 17.8 Å². The number of nitrogens with one attached hydrogen (secondary N) is 1. The SMILES string of the molecule is CC1=C(C)C[C@@H](C(=O)O)[C@@H](C(=O)NCc2ccc3c(c2)OCO3)C1. The van der Waals surface area contributed by atoms with Crippen LogP contribution in [0.5, 0.6) is 11.5 Å². The molecule has 0 saturated carbocycles. The quantitative estimate of drug-likeness (QED) is 0.828. The molecule has 2 N–H and O–H groups in total. The van der Waals surface area contributed by atoms with E-state index in [1.807, 2.05) is 26.0 Å². The lowest BCUT2D eigenvalue weighted by atomic mass is 9.76. The van der Waals surface area contributed by atoms with Crippen molar-refractivity contribution in [3.05, 3.63) is 34.9 Å². The van der Waals surface area contributed by atoms with Gasteiger partial charge in [-0.25, -0.2) is 0 Å². The summed E-state index contributed by atoms with van der Waals surface area (Å²) in [6.07, 6.45) is 0.930. The number of carbonyl (C=O) groups excluding carboxylic acids is 1. The third-order valence-corrected chi connectivity index (χ3v) is 4.82. The van der Waals surface area contributed by atoms with Crippen molar-refractivity contribution < 1.29 is 24.2 Å². The maximum Gasteiger partial charge on any atom is 0.307 e. The zero-order chi connectivity index (χ0) is 17.3. The minimum Gasteiger partial charge on any atom is -0.481 e. The number of fused-ring (bicyclic) bond motifs is 1. The molecule has 1 aromatic carbocycles. The number of benzene rings is 1. The summed E-state index contributed by atoms with van der Waals surface area (Å²) in [6, 6.07) is 5.49. The van der Waals surface area contributed by atoms with Crippen molar-refractivity contribution in [1.82, 2.24) is 5.32 Å². The second kappa shape index (κ2) is 6.55. The smallest absolute Gasteiger partial charge is 0.307 e. The molecule has 128 valence electrons. The van der Waals surface area contributed by atoms with Gasteiger partial charge >= 0.3 is 5.97 Å². The molecule has 1 aliphatic carbocycles. The van der Waals surface area contributed by atoms with E-state index in [0.717, 1.165) is 16.7 Å². The summed E-state index contributed by atoms with van der Waals surface area (Å²) in [6.45, 7) is 4.44. The molecule has 1 aliphatic heterocycles. The van der Waals surface area contributed by atoms with Crippen LogP contribution in [0.15, 0.2) is 29.3 Å². The topological polar surface area (TPSA) is 84.9 Å². The molecule has 0 fully saturated rings. The lowest BCUT2D eigenvalue weighted by Crippen LogP contribution is -2.39. The molecule has 3 rings (SSSR count). The largest absolute Gasteiger partial charge is 0.481 e. The first-order chi connectivity index (χ1) is 11.5. The first-order valence-corrected chi connectivity index (χ1v) is 8.00. The molecule has 0 bridgehead atoms. The van der Waals surface area contributed by atoms with Gasteiger partial charge in [-0.3, -0.25) is 9.59 Å². The maximum absolute atomic E-state index is 12.5. The predicted octanol–water partition coefficient (Wildman–Crippen LogP) is 2.48. The summed E-state index contributed by atoms with van der Waals surface area (Å²) in [5, 5.41) is 12.3. The number of carbonyl (C=O) groups is 2. The van der Waals surface area contributed by atoms with Crippen molar-refractivity contribution in [1.29, 1.82) is 0 Å². The number of aliphatic carboxylic acids is 1. The Morgan fingerprint density at radius 2 is 1.79 bits per heavy atom.